The fraction of sp³-hybridized carbons (Fsp3) is 0.676. The second-order valence-corrected chi connectivity index (χ2v) is 16.3. The lowest BCUT2D eigenvalue weighted by Crippen LogP contribution is -2.59. The molecule has 0 bridgehead atoms. The monoisotopic (exact) mass is 687 g/mol. The Morgan fingerprint density at radius 3 is 2.33 bits per heavy atom. The SMILES string of the molecule is CC=Nc1c(F)cc(-c2nc(NC3CCN(S(=O)(=O)C4CCN(CC5CCN(C6CNC6)CC5)CC4)CC3)ncc2F)cc1NC(C)C. The van der Waals surface area contributed by atoms with Crippen molar-refractivity contribution in [3.8, 4) is 11.3 Å². The summed E-state index contributed by atoms with van der Waals surface area (Å²) >= 11 is 0. The molecule has 0 aliphatic carbocycles. The van der Waals surface area contributed by atoms with Crippen molar-refractivity contribution < 1.29 is 17.2 Å². The average molecular weight is 688 g/mol. The van der Waals surface area contributed by atoms with Crippen LogP contribution < -0.4 is 16.0 Å². The second-order valence-electron chi connectivity index (χ2n) is 14.1. The van der Waals surface area contributed by atoms with Crippen LogP contribution in [-0.4, -0.2) is 121 Å². The van der Waals surface area contributed by atoms with Gasteiger partial charge in [0.2, 0.25) is 16.0 Å². The summed E-state index contributed by atoms with van der Waals surface area (Å²) in [5.41, 5.74) is 0.854. The van der Waals surface area contributed by atoms with E-state index in [0.29, 0.717) is 50.4 Å². The normalized spacial score (nSPS) is 22.0. The smallest absolute Gasteiger partial charge is 0.223 e. The quantitative estimate of drug-likeness (QED) is 0.297. The topological polar surface area (TPSA) is 118 Å². The summed E-state index contributed by atoms with van der Waals surface area (Å²) in [5.74, 6) is -0.323. The van der Waals surface area contributed by atoms with E-state index in [0.717, 1.165) is 45.0 Å². The number of aliphatic imine (C=N–C) groups is 1. The lowest BCUT2D eigenvalue weighted by Gasteiger charge is -2.43. The number of aromatic nitrogens is 2. The zero-order valence-corrected chi connectivity index (χ0v) is 29.3. The highest BCUT2D eigenvalue weighted by Crippen LogP contribution is 2.35. The third-order valence-electron chi connectivity index (χ3n) is 10.3. The number of rotatable bonds is 11. The Morgan fingerprint density at radius 1 is 1.00 bits per heavy atom. The van der Waals surface area contributed by atoms with Crippen molar-refractivity contribution in [3.05, 3.63) is 30.0 Å². The Balaban J connectivity index is 1.00. The first-order chi connectivity index (χ1) is 23.1. The minimum absolute atomic E-state index is 0.00759. The molecule has 0 spiro atoms. The van der Waals surface area contributed by atoms with Crippen LogP contribution in [0.25, 0.3) is 11.3 Å². The van der Waals surface area contributed by atoms with E-state index >= 15 is 4.39 Å². The maximum absolute atomic E-state index is 15.1. The van der Waals surface area contributed by atoms with E-state index in [9.17, 15) is 12.8 Å². The molecule has 0 amide bonds. The zero-order chi connectivity index (χ0) is 33.8. The lowest BCUT2D eigenvalue weighted by atomic mass is 9.93. The number of piperidine rings is 3. The van der Waals surface area contributed by atoms with Crippen LogP contribution in [0.2, 0.25) is 0 Å². The van der Waals surface area contributed by atoms with Crippen LogP contribution in [0.1, 0.15) is 59.3 Å². The highest BCUT2D eigenvalue weighted by molar-refractivity contribution is 7.89. The molecule has 0 saturated carbocycles. The molecule has 4 fully saturated rings. The van der Waals surface area contributed by atoms with E-state index in [1.165, 1.54) is 38.2 Å². The van der Waals surface area contributed by atoms with Gasteiger partial charge in [-0.15, -0.1) is 0 Å². The first kappa shape index (κ1) is 35.1. The molecule has 48 heavy (non-hydrogen) atoms. The molecule has 264 valence electrons. The van der Waals surface area contributed by atoms with E-state index < -0.39 is 21.7 Å². The van der Waals surface area contributed by atoms with Gasteiger partial charge in [-0.2, -0.15) is 0 Å². The Labute approximate surface area is 284 Å². The predicted octanol–water partition coefficient (Wildman–Crippen LogP) is 4.32. The van der Waals surface area contributed by atoms with Gasteiger partial charge in [0.15, 0.2) is 11.6 Å². The van der Waals surface area contributed by atoms with Gasteiger partial charge in [-0.3, -0.25) is 9.89 Å². The van der Waals surface area contributed by atoms with Crippen molar-refractivity contribution in [2.45, 2.75) is 82.7 Å². The summed E-state index contributed by atoms with van der Waals surface area (Å²) in [5, 5.41) is 9.48. The van der Waals surface area contributed by atoms with Gasteiger partial charge in [-0.1, -0.05) is 0 Å². The molecule has 5 heterocycles. The molecular formula is C34H51F2N9O2S. The molecule has 11 nitrogen and oxygen atoms in total. The summed E-state index contributed by atoms with van der Waals surface area (Å²) in [6, 6.07) is 3.54. The summed E-state index contributed by atoms with van der Waals surface area (Å²) in [7, 11) is -3.39. The molecule has 0 unspecified atom stereocenters. The summed E-state index contributed by atoms with van der Waals surface area (Å²) in [6.07, 6.45) is 7.60. The van der Waals surface area contributed by atoms with Crippen LogP contribution in [0.5, 0.6) is 0 Å². The first-order valence-electron chi connectivity index (χ1n) is 17.6. The van der Waals surface area contributed by atoms with Crippen molar-refractivity contribution >= 4 is 33.6 Å². The van der Waals surface area contributed by atoms with Crippen molar-refractivity contribution in [2.24, 2.45) is 10.9 Å². The largest absolute Gasteiger partial charge is 0.381 e. The Kier molecular flexibility index (Phi) is 11.3. The number of hydrogen-bond donors (Lipinski definition) is 3. The van der Waals surface area contributed by atoms with Crippen molar-refractivity contribution in [2.75, 3.05) is 69.5 Å². The molecule has 0 radical (unpaired) electrons. The molecule has 0 atom stereocenters. The van der Waals surface area contributed by atoms with E-state index in [2.05, 4.69) is 40.7 Å². The van der Waals surface area contributed by atoms with Gasteiger partial charge in [0.1, 0.15) is 11.4 Å². The van der Waals surface area contributed by atoms with Gasteiger partial charge in [0.25, 0.3) is 0 Å². The number of anilines is 2. The Hall–Kier alpha value is -2.78. The molecule has 14 heteroatoms. The van der Waals surface area contributed by atoms with Gasteiger partial charge in [0.05, 0.1) is 17.1 Å². The van der Waals surface area contributed by atoms with Crippen molar-refractivity contribution in [3.63, 3.8) is 0 Å². The van der Waals surface area contributed by atoms with Crippen LogP contribution in [0.4, 0.5) is 26.1 Å². The molecule has 3 N–H and O–H groups in total. The number of nitrogens with zero attached hydrogens (tertiary/aromatic N) is 6. The molecule has 1 aromatic carbocycles. The van der Waals surface area contributed by atoms with Gasteiger partial charge in [0, 0.05) is 62.6 Å². The van der Waals surface area contributed by atoms with Gasteiger partial charge < -0.3 is 20.9 Å². The number of halogens is 2. The van der Waals surface area contributed by atoms with Gasteiger partial charge >= 0.3 is 0 Å². The highest BCUT2D eigenvalue weighted by Gasteiger charge is 2.37. The first-order valence-corrected chi connectivity index (χ1v) is 19.1. The van der Waals surface area contributed by atoms with Gasteiger partial charge in [-0.05, 0) is 104 Å². The van der Waals surface area contributed by atoms with Crippen LogP contribution in [0.3, 0.4) is 0 Å². The lowest BCUT2D eigenvalue weighted by molar-refractivity contribution is 0.0811. The zero-order valence-electron chi connectivity index (χ0n) is 28.5. The van der Waals surface area contributed by atoms with Crippen LogP contribution in [0, 0.1) is 17.6 Å². The average Bonchev–Trinajstić information content (AvgIpc) is 3.04. The van der Waals surface area contributed by atoms with E-state index in [4.69, 9.17) is 0 Å². The maximum atomic E-state index is 15.1. The summed E-state index contributed by atoms with van der Waals surface area (Å²) in [4.78, 5) is 17.8. The predicted molar refractivity (Wildman–Crippen MR) is 188 cm³/mol. The van der Waals surface area contributed by atoms with Crippen LogP contribution >= 0.6 is 0 Å². The van der Waals surface area contributed by atoms with Gasteiger partial charge in [-0.25, -0.2) is 31.5 Å². The minimum Gasteiger partial charge on any atom is -0.381 e. The van der Waals surface area contributed by atoms with Crippen LogP contribution in [0.15, 0.2) is 23.3 Å². The molecular weight excluding hydrogens is 636 g/mol. The van der Waals surface area contributed by atoms with E-state index in [1.54, 1.807) is 17.3 Å². The van der Waals surface area contributed by atoms with Crippen molar-refractivity contribution in [1.82, 2.24) is 29.4 Å². The summed E-state index contributed by atoms with van der Waals surface area (Å²) in [6.45, 7) is 13.8. The fourth-order valence-electron chi connectivity index (χ4n) is 7.49. The molecule has 6 rings (SSSR count). The maximum Gasteiger partial charge on any atom is 0.223 e. The van der Waals surface area contributed by atoms with Crippen LogP contribution in [-0.2, 0) is 10.0 Å². The molecule has 2 aromatic rings. The van der Waals surface area contributed by atoms with E-state index in [-0.39, 0.29) is 40.2 Å². The Morgan fingerprint density at radius 2 is 1.71 bits per heavy atom. The number of nitrogens with one attached hydrogen (secondary N) is 3. The standard InChI is InChI=1S/C34H51F2N9O2S/c1-4-38-33-29(35)17-25(18-31(33)40-23(2)3)32-30(36)21-39-34(42-32)41-26-7-15-45(16-8-26)48(46,47)28-9-11-43(12-10-28)22-24-5-13-44(14-6-24)27-19-37-20-27/h4,17-18,21,23-24,26-28,37,40H,5-16,19-20,22H2,1-3H3,(H,39,41,42). The Bertz CT molecular complexity index is 1530. The van der Waals surface area contributed by atoms with Crippen molar-refractivity contribution in [1.29, 1.82) is 0 Å². The fourth-order valence-corrected chi connectivity index (χ4v) is 9.44. The summed E-state index contributed by atoms with van der Waals surface area (Å²) < 4.78 is 58.9. The molecule has 4 saturated heterocycles. The second kappa shape index (κ2) is 15.4. The third-order valence-corrected chi connectivity index (χ3v) is 12.7. The minimum atomic E-state index is -3.39. The van der Waals surface area contributed by atoms with E-state index in [1.807, 2.05) is 13.8 Å². The number of sulfonamides is 1. The number of benzene rings is 1. The molecule has 4 aliphatic rings. The number of likely N-dealkylation sites (tertiary alicyclic amines) is 2. The highest BCUT2D eigenvalue weighted by atomic mass is 32.2. The third kappa shape index (κ3) is 8.15. The number of hydrogen-bond acceptors (Lipinski definition) is 10. The molecule has 4 aliphatic heterocycles. The molecule has 1 aromatic heterocycles.